The van der Waals surface area contributed by atoms with Gasteiger partial charge in [0.05, 0.1) is 22.2 Å². The van der Waals surface area contributed by atoms with Crippen LogP contribution in [-0.2, 0) is 16.2 Å². The van der Waals surface area contributed by atoms with E-state index >= 15 is 0 Å². The molecule has 0 bridgehead atoms. The van der Waals surface area contributed by atoms with Crippen molar-refractivity contribution < 1.29 is 21.6 Å². The molecule has 4 rings (SSSR count). The smallest absolute Gasteiger partial charge is 0.247 e. The lowest BCUT2D eigenvalue weighted by Crippen LogP contribution is -2.50. The molecular formula is C15H15F3N4O2S. The highest BCUT2D eigenvalue weighted by atomic mass is 32.2. The van der Waals surface area contributed by atoms with E-state index in [-0.39, 0.29) is 24.0 Å². The molecule has 134 valence electrons. The summed E-state index contributed by atoms with van der Waals surface area (Å²) in [4.78, 5) is -0.349. The number of alkyl halides is 3. The van der Waals surface area contributed by atoms with Crippen LogP contribution in [0.4, 0.5) is 13.2 Å². The monoisotopic (exact) mass is 372 g/mol. The molecule has 1 aliphatic carbocycles. The van der Waals surface area contributed by atoms with Crippen molar-refractivity contribution in [2.45, 2.75) is 35.9 Å². The fourth-order valence-corrected chi connectivity index (χ4v) is 4.36. The zero-order chi connectivity index (χ0) is 17.8. The summed E-state index contributed by atoms with van der Waals surface area (Å²) in [6.07, 6.45) is -0.557. The zero-order valence-electron chi connectivity index (χ0n) is 13.0. The molecule has 2 aromatic rings. The van der Waals surface area contributed by atoms with Crippen molar-refractivity contribution in [2.24, 2.45) is 0 Å². The second-order valence-electron chi connectivity index (χ2n) is 6.40. The summed E-state index contributed by atoms with van der Waals surface area (Å²) in [6.45, 7) is 0.345. The molecule has 0 N–H and O–H groups in total. The third kappa shape index (κ3) is 3.04. The predicted octanol–water partition coefficient (Wildman–Crippen LogP) is 2.42. The molecular weight excluding hydrogens is 357 g/mol. The van der Waals surface area contributed by atoms with Crippen LogP contribution in [0.3, 0.4) is 0 Å². The van der Waals surface area contributed by atoms with Gasteiger partial charge in [-0.15, -0.1) is 5.10 Å². The van der Waals surface area contributed by atoms with Gasteiger partial charge in [-0.25, -0.2) is 13.1 Å². The van der Waals surface area contributed by atoms with E-state index in [1.807, 2.05) is 6.20 Å². The maximum absolute atomic E-state index is 12.8. The first-order valence-corrected chi connectivity index (χ1v) is 9.28. The van der Waals surface area contributed by atoms with Gasteiger partial charge >= 0.3 is 6.18 Å². The van der Waals surface area contributed by atoms with Crippen LogP contribution in [0.2, 0.25) is 0 Å². The Balaban J connectivity index is 1.48. The quantitative estimate of drug-likeness (QED) is 0.827. The molecule has 2 aliphatic rings. The average molecular weight is 372 g/mol. The van der Waals surface area contributed by atoms with Crippen LogP contribution in [0.5, 0.6) is 0 Å². The first-order valence-electron chi connectivity index (χ1n) is 7.84. The van der Waals surface area contributed by atoms with E-state index in [0.29, 0.717) is 12.0 Å². The van der Waals surface area contributed by atoms with Crippen LogP contribution >= 0.6 is 0 Å². The van der Waals surface area contributed by atoms with Gasteiger partial charge in [-0.3, -0.25) is 0 Å². The van der Waals surface area contributed by atoms with Crippen LogP contribution < -0.4 is 0 Å². The highest BCUT2D eigenvalue weighted by molar-refractivity contribution is 7.89. The van der Waals surface area contributed by atoms with E-state index < -0.39 is 21.8 Å². The third-order valence-electron chi connectivity index (χ3n) is 4.53. The first kappa shape index (κ1) is 16.5. The Morgan fingerprint density at radius 2 is 1.88 bits per heavy atom. The third-order valence-corrected chi connectivity index (χ3v) is 6.35. The highest BCUT2D eigenvalue weighted by Gasteiger charge is 2.40. The molecule has 1 aromatic heterocycles. The van der Waals surface area contributed by atoms with Gasteiger partial charge in [0, 0.05) is 25.2 Å². The second-order valence-corrected chi connectivity index (χ2v) is 8.34. The average Bonchev–Trinajstić information content (AvgIpc) is 3.24. The van der Waals surface area contributed by atoms with E-state index in [1.54, 1.807) is 4.68 Å². The van der Waals surface area contributed by atoms with Gasteiger partial charge in [0.1, 0.15) is 0 Å². The van der Waals surface area contributed by atoms with E-state index in [1.165, 1.54) is 6.07 Å². The van der Waals surface area contributed by atoms with Gasteiger partial charge in [-0.2, -0.15) is 17.5 Å². The Labute approximate surface area is 142 Å². The molecule has 1 saturated heterocycles. The van der Waals surface area contributed by atoms with Gasteiger partial charge in [0.15, 0.2) is 0 Å². The summed E-state index contributed by atoms with van der Waals surface area (Å²) >= 11 is 0. The summed E-state index contributed by atoms with van der Waals surface area (Å²) in [6, 6.07) is 3.67. The second kappa shape index (κ2) is 5.53. The van der Waals surface area contributed by atoms with E-state index in [4.69, 9.17) is 0 Å². The molecule has 1 saturated carbocycles. The maximum atomic E-state index is 12.8. The standard InChI is InChI=1S/C15H15F3N4O2S/c16-15(17,18)11-2-1-3-13(6-11)25(23,24)21-7-12(8-21)22-9-14(19-20-22)10-4-5-10/h1-3,6,9-10,12H,4-5,7-8H2. The Kier molecular flexibility index (Phi) is 3.66. The molecule has 0 spiro atoms. The normalized spacial score (nSPS) is 19.8. The van der Waals surface area contributed by atoms with Crippen molar-refractivity contribution in [1.29, 1.82) is 0 Å². The Hall–Kier alpha value is -1.94. The highest BCUT2D eigenvalue weighted by Crippen LogP contribution is 2.39. The number of hydrogen-bond acceptors (Lipinski definition) is 4. The number of rotatable bonds is 4. The number of sulfonamides is 1. The molecule has 1 aromatic carbocycles. The van der Waals surface area contributed by atoms with E-state index in [0.717, 1.165) is 35.0 Å². The maximum Gasteiger partial charge on any atom is 0.416 e. The molecule has 2 heterocycles. The summed E-state index contributed by atoms with van der Waals surface area (Å²) in [5.74, 6) is 0.457. The number of nitrogens with zero attached hydrogens (tertiary/aromatic N) is 4. The Morgan fingerprint density at radius 3 is 2.52 bits per heavy atom. The van der Waals surface area contributed by atoms with Crippen molar-refractivity contribution in [1.82, 2.24) is 19.3 Å². The summed E-state index contributed by atoms with van der Waals surface area (Å²) in [7, 11) is -3.95. The fraction of sp³-hybridized carbons (Fsp3) is 0.467. The molecule has 1 aliphatic heterocycles. The van der Waals surface area contributed by atoms with Gasteiger partial charge < -0.3 is 0 Å². The van der Waals surface area contributed by atoms with Crippen molar-refractivity contribution in [3.63, 3.8) is 0 Å². The topological polar surface area (TPSA) is 68.1 Å². The lowest BCUT2D eigenvalue weighted by atomic mass is 10.2. The molecule has 0 unspecified atom stereocenters. The lowest BCUT2D eigenvalue weighted by molar-refractivity contribution is -0.137. The molecule has 0 amide bonds. The number of hydrogen-bond donors (Lipinski definition) is 0. The number of aromatic nitrogens is 3. The molecule has 10 heteroatoms. The van der Waals surface area contributed by atoms with Gasteiger partial charge in [-0.05, 0) is 31.0 Å². The molecule has 6 nitrogen and oxygen atoms in total. The minimum atomic E-state index is -4.58. The van der Waals surface area contributed by atoms with Gasteiger partial charge in [0.25, 0.3) is 0 Å². The van der Waals surface area contributed by atoms with Crippen molar-refractivity contribution >= 4 is 10.0 Å². The SMILES string of the molecule is O=S(=O)(c1cccc(C(F)(F)F)c1)N1CC(n2cc(C3CC3)nn2)C1. The molecule has 0 atom stereocenters. The fourth-order valence-electron chi connectivity index (χ4n) is 2.80. The summed E-state index contributed by atoms with van der Waals surface area (Å²) < 4.78 is 66.2. The molecule has 2 fully saturated rings. The van der Waals surface area contributed by atoms with Crippen LogP contribution in [0.1, 0.15) is 36.1 Å². The largest absolute Gasteiger partial charge is 0.416 e. The summed E-state index contributed by atoms with van der Waals surface area (Å²) in [5.41, 5.74) is -0.0600. The van der Waals surface area contributed by atoms with Crippen molar-refractivity contribution in [2.75, 3.05) is 13.1 Å². The van der Waals surface area contributed by atoms with Gasteiger partial charge in [0.2, 0.25) is 10.0 Å². The Morgan fingerprint density at radius 1 is 1.16 bits per heavy atom. The van der Waals surface area contributed by atoms with E-state index in [2.05, 4.69) is 10.3 Å². The van der Waals surface area contributed by atoms with Gasteiger partial charge in [-0.1, -0.05) is 11.3 Å². The molecule has 0 radical (unpaired) electrons. The van der Waals surface area contributed by atoms with E-state index in [9.17, 15) is 21.6 Å². The minimum absolute atomic E-state index is 0.138. The van der Waals surface area contributed by atoms with Crippen molar-refractivity contribution in [3.8, 4) is 0 Å². The number of benzene rings is 1. The van der Waals surface area contributed by atoms with Crippen LogP contribution in [-0.4, -0.2) is 40.8 Å². The summed E-state index contributed by atoms with van der Waals surface area (Å²) in [5, 5.41) is 8.12. The minimum Gasteiger partial charge on any atom is -0.247 e. The predicted molar refractivity (Wildman–Crippen MR) is 81.2 cm³/mol. The van der Waals surface area contributed by atoms with Crippen LogP contribution in [0, 0.1) is 0 Å². The first-order chi connectivity index (χ1) is 11.7. The van der Waals surface area contributed by atoms with Crippen molar-refractivity contribution in [3.05, 3.63) is 41.7 Å². The van der Waals surface area contributed by atoms with Crippen LogP contribution in [0.25, 0.3) is 0 Å². The van der Waals surface area contributed by atoms with Crippen LogP contribution in [0.15, 0.2) is 35.4 Å². The zero-order valence-corrected chi connectivity index (χ0v) is 13.8. The molecule has 25 heavy (non-hydrogen) atoms. The Bertz CT molecular complexity index is 899. The number of halogens is 3. The lowest BCUT2D eigenvalue weighted by Gasteiger charge is -2.37.